The molecule has 0 aromatic heterocycles. The maximum atomic E-state index is 10.6. The van der Waals surface area contributed by atoms with Crippen molar-refractivity contribution in [2.75, 3.05) is 6.54 Å². The lowest BCUT2D eigenvalue weighted by atomic mass is 9.79. The van der Waals surface area contributed by atoms with Gasteiger partial charge in [-0.15, -0.1) is 0 Å². The van der Waals surface area contributed by atoms with Crippen molar-refractivity contribution in [2.45, 2.75) is 58.8 Å². The fraction of sp³-hybridized carbons (Fsp3) is 0.556. The second kappa shape index (κ2) is 6.89. The number of hydrogen-bond donors (Lipinski definition) is 1. The van der Waals surface area contributed by atoms with E-state index in [4.69, 9.17) is 5.53 Å². The maximum absolute atomic E-state index is 10.6. The fourth-order valence-electron chi connectivity index (χ4n) is 2.18. The molecule has 0 aliphatic heterocycles. The lowest BCUT2D eigenvalue weighted by Crippen LogP contribution is -2.17. The van der Waals surface area contributed by atoms with E-state index in [1.807, 2.05) is 18.2 Å². The number of azide groups is 1. The summed E-state index contributed by atoms with van der Waals surface area (Å²) in [5, 5.41) is 14.1. The molecule has 0 fully saturated rings. The molecule has 1 aromatic carbocycles. The molecule has 0 amide bonds. The van der Waals surface area contributed by atoms with E-state index in [1.54, 1.807) is 0 Å². The molecule has 0 bridgehead atoms. The molecule has 0 heterocycles. The van der Waals surface area contributed by atoms with Crippen molar-refractivity contribution >= 4 is 6.08 Å². The van der Waals surface area contributed by atoms with Gasteiger partial charge in [-0.1, -0.05) is 64.9 Å². The largest absolute Gasteiger partial charge is 0.507 e. The van der Waals surface area contributed by atoms with Crippen LogP contribution in [0.4, 0.5) is 0 Å². The number of nitrogens with zero attached hydrogens (tertiary/aromatic N) is 3. The Labute approximate surface area is 133 Å². The molecule has 0 saturated heterocycles. The van der Waals surface area contributed by atoms with E-state index in [1.165, 1.54) is 5.56 Å². The van der Waals surface area contributed by atoms with Gasteiger partial charge in [0.2, 0.25) is 0 Å². The molecule has 0 radical (unpaired) electrons. The monoisotopic (exact) mass is 301 g/mol. The summed E-state index contributed by atoms with van der Waals surface area (Å²) in [6, 6.07) is 4.14. The zero-order chi connectivity index (χ0) is 17.0. The Morgan fingerprint density at radius 3 is 2.27 bits per heavy atom. The van der Waals surface area contributed by atoms with Gasteiger partial charge in [0, 0.05) is 22.6 Å². The molecule has 0 unspecified atom stereocenters. The predicted octanol–water partition coefficient (Wildman–Crippen LogP) is 5.70. The van der Waals surface area contributed by atoms with Gasteiger partial charge in [-0.25, -0.2) is 0 Å². The third-order valence-corrected chi connectivity index (χ3v) is 3.57. The second-order valence-corrected chi connectivity index (χ2v) is 7.61. The smallest absolute Gasteiger partial charge is 0.126 e. The fourth-order valence-corrected chi connectivity index (χ4v) is 2.18. The third kappa shape index (κ3) is 4.81. The first-order chi connectivity index (χ1) is 10.1. The quantitative estimate of drug-likeness (QED) is 0.329. The summed E-state index contributed by atoms with van der Waals surface area (Å²) in [6.45, 7) is 13.2. The average Bonchev–Trinajstić information content (AvgIpc) is 2.37. The average molecular weight is 301 g/mol. The topological polar surface area (TPSA) is 69.0 Å². The summed E-state index contributed by atoms with van der Waals surface area (Å²) in [5.41, 5.74) is 11.1. The van der Waals surface area contributed by atoms with Crippen LogP contribution in [0.15, 0.2) is 23.3 Å². The van der Waals surface area contributed by atoms with E-state index in [0.29, 0.717) is 18.7 Å². The SMILES string of the molecule is CC(C)(C)c1cc(C=CCCN=[N+]=[N-])c(O)c(C(C)(C)C)c1. The number of phenolic OH excluding ortho intramolecular Hbond substituents is 1. The first kappa shape index (κ1) is 18.1. The van der Waals surface area contributed by atoms with E-state index in [0.717, 1.165) is 11.1 Å². The van der Waals surface area contributed by atoms with Crippen LogP contribution < -0.4 is 0 Å². The Balaban J connectivity index is 3.28. The molecule has 4 nitrogen and oxygen atoms in total. The summed E-state index contributed by atoms with van der Waals surface area (Å²) in [5.74, 6) is 0.334. The molecule has 4 heteroatoms. The van der Waals surface area contributed by atoms with Crippen LogP contribution in [0, 0.1) is 0 Å². The number of phenols is 1. The molecule has 0 spiro atoms. The van der Waals surface area contributed by atoms with E-state index in [9.17, 15) is 5.11 Å². The zero-order valence-corrected chi connectivity index (χ0v) is 14.5. The van der Waals surface area contributed by atoms with Crippen LogP contribution in [0.3, 0.4) is 0 Å². The van der Waals surface area contributed by atoms with Crippen LogP contribution >= 0.6 is 0 Å². The molecule has 0 saturated carbocycles. The Morgan fingerprint density at radius 1 is 1.14 bits per heavy atom. The summed E-state index contributed by atoms with van der Waals surface area (Å²) in [4.78, 5) is 2.73. The van der Waals surface area contributed by atoms with Crippen molar-refractivity contribution < 1.29 is 5.11 Å². The normalized spacial score (nSPS) is 12.5. The van der Waals surface area contributed by atoms with E-state index >= 15 is 0 Å². The van der Waals surface area contributed by atoms with Gasteiger partial charge in [0.1, 0.15) is 5.75 Å². The third-order valence-electron chi connectivity index (χ3n) is 3.57. The highest BCUT2D eigenvalue weighted by molar-refractivity contribution is 5.62. The van der Waals surface area contributed by atoms with Crippen molar-refractivity contribution in [3.05, 3.63) is 45.3 Å². The van der Waals surface area contributed by atoms with E-state index < -0.39 is 0 Å². The highest BCUT2D eigenvalue weighted by Gasteiger charge is 2.24. The number of benzene rings is 1. The van der Waals surface area contributed by atoms with Crippen LogP contribution in [-0.2, 0) is 10.8 Å². The second-order valence-electron chi connectivity index (χ2n) is 7.61. The first-order valence-electron chi connectivity index (χ1n) is 7.62. The molecule has 120 valence electrons. The van der Waals surface area contributed by atoms with Gasteiger partial charge in [-0.2, -0.15) is 0 Å². The van der Waals surface area contributed by atoms with Gasteiger partial charge in [0.25, 0.3) is 0 Å². The summed E-state index contributed by atoms with van der Waals surface area (Å²) in [7, 11) is 0. The lowest BCUT2D eigenvalue weighted by molar-refractivity contribution is 0.443. The Hall–Kier alpha value is -1.93. The predicted molar refractivity (Wildman–Crippen MR) is 93.2 cm³/mol. The van der Waals surface area contributed by atoms with Crippen LogP contribution in [0.1, 0.15) is 64.7 Å². The zero-order valence-electron chi connectivity index (χ0n) is 14.5. The summed E-state index contributed by atoms with van der Waals surface area (Å²) in [6.07, 6.45) is 4.50. The van der Waals surface area contributed by atoms with Crippen molar-refractivity contribution in [1.29, 1.82) is 0 Å². The Morgan fingerprint density at radius 2 is 1.77 bits per heavy atom. The summed E-state index contributed by atoms with van der Waals surface area (Å²) < 4.78 is 0. The minimum Gasteiger partial charge on any atom is -0.507 e. The minimum atomic E-state index is -0.126. The Bertz CT molecular complexity index is 598. The van der Waals surface area contributed by atoms with Crippen molar-refractivity contribution in [1.82, 2.24) is 0 Å². The van der Waals surface area contributed by atoms with Crippen molar-refractivity contribution in [2.24, 2.45) is 5.11 Å². The molecule has 1 rings (SSSR count). The van der Waals surface area contributed by atoms with Gasteiger partial charge >= 0.3 is 0 Å². The summed E-state index contributed by atoms with van der Waals surface area (Å²) >= 11 is 0. The molecule has 1 N–H and O–H groups in total. The maximum Gasteiger partial charge on any atom is 0.126 e. The van der Waals surface area contributed by atoms with Gasteiger partial charge in [0.05, 0.1) is 0 Å². The molecule has 0 aliphatic rings. The molecule has 0 atom stereocenters. The van der Waals surface area contributed by atoms with Crippen molar-refractivity contribution in [3.8, 4) is 5.75 Å². The van der Waals surface area contributed by atoms with Gasteiger partial charge in [-0.05, 0) is 34.4 Å². The molecule has 1 aromatic rings. The van der Waals surface area contributed by atoms with E-state index in [-0.39, 0.29) is 10.8 Å². The van der Waals surface area contributed by atoms with Crippen LogP contribution in [-0.4, -0.2) is 11.7 Å². The highest BCUT2D eigenvalue weighted by Crippen LogP contribution is 2.38. The van der Waals surface area contributed by atoms with Gasteiger partial charge in [0.15, 0.2) is 0 Å². The van der Waals surface area contributed by atoms with Crippen molar-refractivity contribution in [3.63, 3.8) is 0 Å². The Kier molecular flexibility index (Phi) is 5.67. The lowest BCUT2D eigenvalue weighted by Gasteiger charge is -2.27. The van der Waals surface area contributed by atoms with Gasteiger partial charge in [-0.3, -0.25) is 0 Å². The molecular formula is C18H27N3O. The van der Waals surface area contributed by atoms with E-state index in [2.05, 4.69) is 57.6 Å². The van der Waals surface area contributed by atoms with Crippen LogP contribution in [0.5, 0.6) is 5.75 Å². The molecular weight excluding hydrogens is 274 g/mol. The number of hydrogen-bond acceptors (Lipinski definition) is 2. The minimum absolute atomic E-state index is 0.0153. The molecule has 22 heavy (non-hydrogen) atoms. The van der Waals surface area contributed by atoms with Gasteiger partial charge < -0.3 is 5.11 Å². The first-order valence-corrected chi connectivity index (χ1v) is 7.62. The number of aromatic hydroxyl groups is 1. The van der Waals surface area contributed by atoms with Crippen LogP contribution in [0.25, 0.3) is 16.5 Å². The standard InChI is InChI=1S/C18H27N3O/c1-17(2,3)14-11-13(9-7-8-10-20-21-19)16(22)15(12-14)18(4,5)6/h7,9,11-12,22H,8,10H2,1-6H3. The molecule has 0 aliphatic carbocycles. The number of rotatable bonds is 4. The van der Waals surface area contributed by atoms with Crippen LogP contribution in [0.2, 0.25) is 0 Å². The highest BCUT2D eigenvalue weighted by atomic mass is 16.3.